The Bertz CT molecular complexity index is 864. The third-order valence-electron chi connectivity index (χ3n) is 6.63. The second-order valence-corrected chi connectivity index (χ2v) is 8.64. The van der Waals surface area contributed by atoms with E-state index in [4.69, 9.17) is 4.42 Å². The number of nitrogens with zero attached hydrogens (tertiary/aromatic N) is 3. The summed E-state index contributed by atoms with van der Waals surface area (Å²) in [6.45, 7) is 2.48. The van der Waals surface area contributed by atoms with E-state index in [2.05, 4.69) is 10.3 Å². The number of amides is 2. The number of rotatable bonds is 6. The highest BCUT2D eigenvalue weighted by atomic mass is 16.4. The zero-order chi connectivity index (χ0) is 19.1. The third-order valence-corrected chi connectivity index (χ3v) is 6.63. The van der Waals surface area contributed by atoms with Gasteiger partial charge < -0.3 is 19.2 Å². The minimum Gasteiger partial charge on any atom is -0.454 e. The number of nitrogens with one attached hydrogen (secondary N) is 1. The van der Waals surface area contributed by atoms with Crippen LogP contribution in [-0.4, -0.2) is 45.9 Å². The molecule has 2 aromatic heterocycles. The first-order chi connectivity index (χ1) is 13.6. The van der Waals surface area contributed by atoms with Crippen LogP contribution in [0.1, 0.15) is 48.4 Å². The van der Waals surface area contributed by atoms with Crippen molar-refractivity contribution in [2.75, 3.05) is 19.6 Å². The van der Waals surface area contributed by atoms with Gasteiger partial charge in [0.05, 0.1) is 18.8 Å². The maximum Gasteiger partial charge on any atom is 0.289 e. The molecule has 1 aliphatic heterocycles. The maximum absolute atomic E-state index is 13.0. The van der Waals surface area contributed by atoms with E-state index in [-0.39, 0.29) is 23.1 Å². The van der Waals surface area contributed by atoms with Crippen LogP contribution < -0.4 is 5.32 Å². The first-order valence-electron chi connectivity index (χ1n) is 10.2. The van der Waals surface area contributed by atoms with Crippen molar-refractivity contribution in [1.82, 2.24) is 19.8 Å². The highest BCUT2D eigenvalue weighted by Crippen LogP contribution is 2.52. The fraction of sp³-hybridized carbons (Fsp3) is 0.571. The largest absolute Gasteiger partial charge is 0.454 e. The summed E-state index contributed by atoms with van der Waals surface area (Å²) in [5.74, 6) is 1.66. The Morgan fingerprint density at radius 3 is 2.82 bits per heavy atom. The lowest BCUT2D eigenvalue weighted by molar-refractivity contribution is -0.129. The highest BCUT2D eigenvalue weighted by molar-refractivity contribution is 5.93. The van der Waals surface area contributed by atoms with Crippen molar-refractivity contribution in [3.05, 3.63) is 42.4 Å². The van der Waals surface area contributed by atoms with E-state index in [0.717, 1.165) is 31.6 Å². The van der Waals surface area contributed by atoms with E-state index in [1.54, 1.807) is 18.6 Å². The van der Waals surface area contributed by atoms with Crippen LogP contribution in [0.2, 0.25) is 0 Å². The molecule has 3 aliphatic rings. The lowest BCUT2D eigenvalue weighted by Crippen LogP contribution is -2.45. The number of furan rings is 1. The molecule has 2 aromatic rings. The lowest BCUT2D eigenvalue weighted by atomic mass is 9.62. The molecule has 1 spiro atoms. The molecule has 1 unspecified atom stereocenters. The predicted molar refractivity (Wildman–Crippen MR) is 101 cm³/mol. The van der Waals surface area contributed by atoms with Gasteiger partial charge in [-0.2, -0.15) is 0 Å². The molecular formula is C21H26N4O3. The Balaban J connectivity index is 1.26. The summed E-state index contributed by atoms with van der Waals surface area (Å²) >= 11 is 0. The summed E-state index contributed by atoms with van der Waals surface area (Å²) in [6.07, 6.45) is 10.9. The van der Waals surface area contributed by atoms with Crippen molar-refractivity contribution in [2.24, 2.45) is 17.3 Å². The number of likely N-dealkylation sites (tertiary alicyclic amines) is 1. The van der Waals surface area contributed by atoms with Gasteiger partial charge in [-0.25, -0.2) is 4.98 Å². The fourth-order valence-electron chi connectivity index (χ4n) is 4.61. The maximum atomic E-state index is 13.0. The van der Waals surface area contributed by atoms with Gasteiger partial charge in [0.15, 0.2) is 5.76 Å². The molecule has 1 N–H and O–H groups in total. The quantitative estimate of drug-likeness (QED) is 0.831. The minimum atomic E-state index is -0.111. The van der Waals surface area contributed by atoms with E-state index in [1.165, 1.54) is 12.8 Å². The highest BCUT2D eigenvalue weighted by Gasteiger charge is 2.54. The van der Waals surface area contributed by atoms with Crippen LogP contribution >= 0.6 is 0 Å². The van der Waals surface area contributed by atoms with Crippen LogP contribution in [0.25, 0.3) is 0 Å². The van der Waals surface area contributed by atoms with Gasteiger partial charge in [0.25, 0.3) is 5.91 Å². The molecule has 0 bridgehead atoms. The van der Waals surface area contributed by atoms with E-state index in [9.17, 15) is 9.59 Å². The van der Waals surface area contributed by atoms with Gasteiger partial charge in [-0.1, -0.05) is 6.42 Å². The van der Waals surface area contributed by atoms with E-state index in [0.29, 0.717) is 31.3 Å². The van der Waals surface area contributed by atoms with Gasteiger partial charge in [0, 0.05) is 37.4 Å². The molecule has 2 aliphatic carbocycles. The molecule has 5 rings (SSSR count). The number of imidazole rings is 1. The fourth-order valence-corrected chi connectivity index (χ4v) is 4.61. The first kappa shape index (κ1) is 17.5. The Morgan fingerprint density at radius 2 is 2.14 bits per heavy atom. The molecule has 0 radical (unpaired) electrons. The lowest BCUT2D eigenvalue weighted by Gasteiger charge is -2.41. The van der Waals surface area contributed by atoms with Crippen LogP contribution in [0.15, 0.2) is 35.3 Å². The van der Waals surface area contributed by atoms with Gasteiger partial charge >= 0.3 is 0 Å². The standard InChI is InChI=1S/C21H26N4O3/c26-19(23-10-15-2-3-15)17-12-25(13-21(17)6-1-7-21)20(27)18-5-4-16(28-18)11-24-9-8-22-14-24/h4-5,8-9,14-15,17H,1-3,6-7,10-13H2,(H,23,26). The molecule has 28 heavy (non-hydrogen) atoms. The second kappa shape index (κ2) is 6.79. The van der Waals surface area contributed by atoms with Crippen LogP contribution in [0, 0.1) is 17.3 Å². The zero-order valence-corrected chi connectivity index (χ0v) is 16.0. The molecule has 148 valence electrons. The Labute approximate surface area is 164 Å². The predicted octanol–water partition coefficient (Wildman–Crippen LogP) is 2.29. The van der Waals surface area contributed by atoms with Gasteiger partial charge in [-0.3, -0.25) is 9.59 Å². The number of carbonyl (C=O) groups is 2. The second-order valence-electron chi connectivity index (χ2n) is 8.64. The number of carbonyl (C=O) groups excluding carboxylic acids is 2. The smallest absolute Gasteiger partial charge is 0.289 e. The van der Waals surface area contributed by atoms with E-state index < -0.39 is 0 Å². The Morgan fingerprint density at radius 1 is 1.29 bits per heavy atom. The average molecular weight is 382 g/mol. The van der Waals surface area contributed by atoms with Crippen LogP contribution in [0.4, 0.5) is 0 Å². The van der Waals surface area contributed by atoms with Crippen molar-refractivity contribution in [1.29, 1.82) is 0 Å². The Kier molecular flexibility index (Phi) is 4.25. The molecule has 3 heterocycles. The first-order valence-corrected chi connectivity index (χ1v) is 10.2. The number of hydrogen-bond donors (Lipinski definition) is 1. The van der Waals surface area contributed by atoms with Gasteiger partial charge in [0.1, 0.15) is 5.76 Å². The summed E-state index contributed by atoms with van der Waals surface area (Å²) in [4.78, 5) is 31.6. The zero-order valence-electron chi connectivity index (χ0n) is 16.0. The van der Waals surface area contributed by atoms with Gasteiger partial charge in [-0.15, -0.1) is 0 Å². The molecule has 7 nitrogen and oxygen atoms in total. The van der Waals surface area contributed by atoms with Crippen molar-refractivity contribution in [3.8, 4) is 0 Å². The summed E-state index contributed by atoms with van der Waals surface area (Å²) in [5, 5.41) is 3.13. The average Bonchev–Trinajstić information content (AvgIpc) is 3.06. The van der Waals surface area contributed by atoms with E-state index >= 15 is 0 Å². The van der Waals surface area contributed by atoms with Crippen molar-refractivity contribution in [2.45, 2.75) is 38.6 Å². The monoisotopic (exact) mass is 382 g/mol. The summed E-state index contributed by atoms with van der Waals surface area (Å²) < 4.78 is 7.69. The molecular weight excluding hydrogens is 356 g/mol. The molecule has 0 aromatic carbocycles. The van der Waals surface area contributed by atoms with Gasteiger partial charge in [-0.05, 0) is 43.7 Å². The van der Waals surface area contributed by atoms with Crippen molar-refractivity contribution < 1.29 is 14.0 Å². The van der Waals surface area contributed by atoms with E-state index in [1.807, 2.05) is 21.7 Å². The summed E-state index contributed by atoms with van der Waals surface area (Å²) in [5.41, 5.74) is -0.0322. The van der Waals surface area contributed by atoms with Crippen LogP contribution in [-0.2, 0) is 11.3 Å². The SMILES string of the molecule is O=C(NCC1CC1)C1CN(C(=O)c2ccc(Cn3ccnc3)o2)CC12CCC2. The normalized spacial score (nSPS) is 23.0. The molecule has 7 heteroatoms. The topological polar surface area (TPSA) is 80.4 Å². The molecule has 1 saturated heterocycles. The summed E-state index contributed by atoms with van der Waals surface area (Å²) in [6, 6.07) is 3.57. The minimum absolute atomic E-state index is 0.0322. The summed E-state index contributed by atoms with van der Waals surface area (Å²) in [7, 11) is 0. The van der Waals surface area contributed by atoms with Gasteiger partial charge in [0.2, 0.25) is 5.91 Å². The molecule has 1 atom stereocenters. The van der Waals surface area contributed by atoms with Crippen LogP contribution in [0.3, 0.4) is 0 Å². The van der Waals surface area contributed by atoms with Crippen molar-refractivity contribution >= 4 is 11.8 Å². The van der Waals surface area contributed by atoms with Crippen LogP contribution in [0.5, 0.6) is 0 Å². The van der Waals surface area contributed by atoms with Crippen molar-refractivity contribution in [3.63, 3.8) is 0 Å². The molecule has 2 saturated carbocycles. The molecule has 2 amide bonds. The third kappa shape index (κ3) is 3.23. The molecule has 3 fully saturated rings. The number of hydrogen-bond acceptors (Lipinski definition) is 4. The number of aromatic nitrogens is 2. The Hall–Kier alpha value is -2.57.